The van der Waals surface area contributed by atoms with Gasteiger partial charge in [-0.3, -0.25) is 4.79 Å². The van der Waals surface area contributed by atoms with Crippen molar-refractivity contribution in [3.63, 3.8) is 0 Å². The molecule has 0 spiro atoms. The summed E-state index contributed by atoms with van der Waals surface area (Å²) in [5.41, 5.74) is 0. The first-order chi connectivity index (χ1) is 7.43. The molecule has 0 aromatic carbocycles. The van der Waals surface area contributed by atoms with E-state index in [1.165, 1.54) is 4.90 Å². The van der Waals surface area contributed by atoms with Gasteiger partial charge in [0.2, 0.25) is 0 Å². The van der Waals surface area contributed by atoms with Gasteiger partial charge in [0.25, 0.3) is 0 Å². The molecule has 6 nitrogen and oxygen atoms in total. The summed E-state index contributed by atoms with van der Waals surface area (Å²) >= 11 is 0. The molecule has 0 saturated carbocycles. The largest absolute Gasteiger partial charge is 0.481 e. The summed E-state index contributed by atoms with van der Waals surface area (Å²) in [4.78, 5) is 23.0. The first-order valence-electron chi connectivity index (χ1n) is 5.26. The zero-order chi connectivity index (χ0) is 12.6. The number of ether oxygens (including phenoxy) is 1. The van der Waals surface area contributed by atoms with Crippen LogP contribution in [0.2, 0.25) is 0 Å². The van der Waals surface area contributed by atoms with Crippen molar-refractivity contribution in [2.45, 2.75) is 26.4 Å². The second-order valence-electron chi connectivity index (χ2n) is 3.72. The third-order valence-corrected chi connectivity index (χ3v) is 1.84. The quantitative estimate of drug-likeness (QED) is 0.627. The molecule has 94 valence electrons. The van der Waals surface area contributed by atoms with Crippen molar-refractivity contribution < 1.29 is 19.4 Å². The molecular formula is C10H20N2O4. The minimum absolute atomic E-state index is 0.0492. The third-order valence-electron chi connectivity index (χ3n) is 1.84. The number of rotatable bonds is 7. The van der Waals surface area contributed by atoms with Crippen LogP contribution < -0.4 is 5.32 Å². The second kappa shape index (κ2) is 7.92. The summed E-state index contributed by atoms with van der Waals surface area (Å²) in [5.74, 6) is -0.914. The van der Waals surface area contributed by atoms with Crippen LogP contribution in [-0.4, -0.2) is 54.9 Å². The molecule has 6 heteroatoms. The van der Waals surface area contributed by atoms with Gasteiger partial charge in [-0.25, -0.2) is 4.79 Å². The van der Waals surface area contributed by atoms with Gasteiger partial charge in [-0.2, -0.15) is 0 Å². The smallest absolute Gasteiger partial charge is 0.317 e. The third kappa shape index (κ3) is 8.05. The van der Waals surface area contributed by atoms with E-state index in [0.29, 0.717) is 13.2 Å². The highest BCUT2D eigenvalue weighted by Crippen LogP contribution is 1.89. The second-order valence-corrected chi connectivity index (χ2v) is 3.72. The van der Waals surface area contributed by atoms with Gasteiger partial charge in [0.05, 0.1) is 19.1 Å². The lowest BCUT2D eigenvalue weighted by molar-refractivity contribution is -0.137. The zero-order valence-electron chi connectivity index (χ0n) is 10.0. The number of nitrogens with one attached hydrogen (secondary N) is 1. The van der Waals surface area contributed by atoms with E-state index >= 15 is 0 Å². The fourth-order valence-electron chi connectivity index (χ4n) is 0.952. The van der Waals surface area contributed by atoms with E-state index in [2.05, 4.69) is 5.32 Å². The van der Waals surface area contributed by atoms with E-state index < -0.39 is 5.97 Å². The Morgan fingerprint density at radius 3 is 2.56 bits per heavy atom. The highest BCUT2D eigenvalue weighted by atomic mass is 16.5. The molecule has 0 unspecified atom stereocenters. The first kappa shape index (κ1) is 14.7. The molecule has 0 aromatic heterocycles. The predicted octanol–water partition coefficient (Wildman–Crippen LogP) is 0.527. The fourth-order valence-corrected chi connectivity index (χ4v) is 0.952. The van der Waals surface area contributed by atoms with Crippen LogP contribution in [-0.2, 0) is 9.53 Å². The summed E-state index contributed by atoms with van der Waals surface area (Å²) in [6.45, 7) is 4.92. The number of carboxylic acid groups (broad SMARTS) is 1. The maximum Gasteiger partial charge on any atom is 0.317 e. The number of carbonyl (C=O) groups is 2. The molecule has 0 aliphatic carbocycles. The lowest BCUT2D eigenvalue weighted by atomic mass is 10.4. The number of aliphatic carboxylic acids is 1. The number of hydrogen-bond acceptors (Lipinski definition) is 3. The average molecular weight is 232 g/mol. The number of urea groups is 1. The normalized spacial score (nSPS) is 10.2. The Morgan fingerprint density at radius 1 is 1.44 bits per heavy atom. The van der Waals surface area contributed by atoms with Crippen LogP contribution in [0, 0.1) is 0 Å². The molecular weight excluding hydrogens is 212 g/mol. The van der Waals surface area contributed by atoms with Crippen LogP contribution in [0.4, 0.5) is 4.79 Å². The molecule has 0 saturated heterocycles. The highest BCUT2D eigenvalue weighted by Gasteiger charge is 2.08. The van der Waals surface area contributed by atoms with Crippen LogP contribution in [0.25, 0.3) is 0 Å². The number of amides is 2. The summed E-state index contributed by atoms with van der Waals surface area (Å²) < 4.78 is 5.24. The number of carboxylic acids is 1. The summed E-state index contributed by atoms with van der Waals surface area (Å²) in [5, 5.41) is 11.1. The van der Waals surface area contributed by atoms with Crippen molar-refractivity contribution in [1.82, 2.24) is 10.2 Å². The number of nitrogens with zero attached hydrogens (tertiary/aromatic N) is 1. The van der Waals surface area contributed by atoms with Crippen LogP contribution in [0.1, 0.15) is 20.3 Å². The van der Waals surface area contributed by atoms with Crippen LogP contribution in [0.5, 0.6) is 0 Å². The molecule has 0 aromatic rings. The fraction of sp³-hybridized carbons (Fsp3) is 0.800. The van der Waals surface area contributed by atoms with Gasteiger partial charge in [0.15, 0.2) is 0 Å². The van der Waals surface area contributed by atoms with E-state index in [1.54, 1.807) is 7.05 Å². The zero-order valence-corrected chi connectivity index (χ0v) is 10.0. The van der Waals surface area contributed by atoms with Gasteiger partial charge in [-0.05, 0) is 13.8 Å². The van der Waals surface area contributed by atoms with E-state index in [4.69, 9.17) is 9.84 Å². The molecule has 0 aliphatic heterocycles. The molecule has 0 heterocycles. The van der Waals surface area contributed by atoms with Crippen molar-refractivity contribution in [3.8, 4) is 0 Å². The van der Waals surface area contributed by atoms with Gasteiger partial charge in [-0.1, -0.05) is 0 Å². The van der Waals surface area contributed by atoms with E-state index in [0.717, 1.165) is 0 Å². The Morgan fingerprint density at radius 2 is 2.06 bits per heavy atom. The molecule has 16 heavy (non-hydrogen) atoms. The molecule has 0 rings (SSSR count). The summed E-state index contributed by atoms with van der Waals surface area (Å²) in [6, 6.07) is -0.284. The molecule has 0 atom stereocenters. The van der Waals surface area contributed by atoms with Gasteiger partial charge < -0.3 is 20.1 Å². The maximum absolute atomic E-state index is 11.4. The van der Waals surface area contributed by atoms with Crippen molar-refractivity contribution in [3.05, 3.63) is 0 Å². The highest BCUT2D eigenvalue weighted by molar-refractivity contribution is 5.74. The predicted molar refractivity (Wildman–Crippen MR) is 59.4 cm³/mol. The number of carbonyl (C=O) groups excluding carboxylic acids is 1. The maximum atomic E-state index is 11.4. The molecule has 0 radical (unpaired) electrons. The standard InChI is InChI=1S/C10H20N2O4/c1-8(2)16-7-5-11-10(15)12(3)6-4-9(13)14/h8H,4-7H2,1-3H3,(H,11,15)(H,13,14). The molecule has 0 fully saturated rings. The van der Waals surface area contributed by atoms with Crippen molar-refractivity contribution in [2.24, 2.45) is 0 Å². The first-order valence-corrected chi connectivity index (χ1v) is 5.26. The van der Waals surface area contributed by atoms with Crippen LogP contribution in [0.15, 0.2) is 0 Å². The average Bonchev–Trinajstić information content (AvgIpc) is 2.20. The minimum Gasteiger partial charge on any atom is -0.481 e. The van der Waals surface area contributed by atoms with Crippen LogP contribution >= 0.6 is 0 Å². The lowest BCUT2D eigenvalue weighted by Crippen LogP contribution is -2.39. The van der Waals surface area contributed by atoms with Gasteiger partial charge in [0, 0.05) is 20.1 Å². The molecule has 0 aliphatic rings. The SMILES string of the molecule is CC(C)OCCNC(=O)N(C)CCC(=O)O. The summed E-state index contributed by atoms with van der Waals surface area (Å²) in [7, 11) is 1.56. The molecule has 0 bridgehead atoms. The molecule has 2 N–H and O–H groups in total. The Bertz CT molecular complexity index is 231. The Kier molecular flexibility index (Phi) is 7.28. The topological polar surface area (TPSA) is 78.9 Å². The van der Waals surface area contributed by atoms with Gasteiger partial charge in [0.1, 0.15) is 0 Å². The van der Waals surface area contributed by atoms with Crippen LogP contribution in [0.3, 0.4) is 0 Å². The van der Waals surface area contributed by atoms with Gasteiger partial charge >= 0.3 is 12.0 Å². The number of hydrogen-bond donors (Lipinski definition) is 2. The van der Waals surface area contributed by atoms with E-state index in [1.807, 2.05) is 13.8 Å². The minimum atomic E-state index is -0.914. The summed E-state index contributed by atoms with van der Waals surface area (Å²) in [6.07, 6.45) is 0.0912. The molecule has 2 amide bonds. The monoisotopic (exact) mass is 232 g/mol. The Labute approximate surface area is 95.6 Å². The van der Waals surface area contributed by atoms with Crippen molar-refractivity contribution in [1.29, 1.82) is 0 Å². The lowest BCUT2D eigenvalue weighted by Gasteiger charge is -2.17. The van der Waals surface area contributed by atoms with Crippen molar-refractivity contribution in [2.75, 3.05) is 26.7 Å². The Hall–Kier alpha value is -1.30. The van der Waals surface area contributed by atoms with E-state index in [-0.39, 0.29) is 25.1 Å². The van der Waals surface area contributed by atoms with Gasteiger partial charge in [-0.15, -0.1) is 0 Å². The van der Waals surface area contributed by atoms with E-state index in [9.17, 15) is 9.59 Å². The Balaban J connectivity index is 3.59. The van der Waals surface area contributed by atoms with Crippen molar-refractivity contribution >= 4 is 12.0 Å².